The third kappa shape index (κ3) is 3.59. The van der Waals surface area contributed by atoms with Crippen LogP contribution in [-0.2, 0) is 0 Å². The lowest BCUT2D eigenvalue weighted by atomic mass is 9.92. The molecule has 21 heavy (non-hydrogen) atoms. The van der Waals surface area contributed by atoms with Gasteiger partial charge in [0, 0.05) is 25.1 Å². The number of carbonyl (C=O) groups is 1. The highest BCUT2D eigenvalue weighted by molar-refractivity contribution is 9.10. The first kappa shape index (κ1) is 16.3. The molecule has 0 saturated carbocycles. The van der Waals surface area contributed by atoms with Gasteiger partial charge >= 0.3 is 0 Å². The molecule has 6 heteroatoms. The zero-order chi connectivity index (χ0) is 15.6. The summed E-state index contributed by atoms with van der Waals surface area (Å²) in [5, 5.41) is 10.6. The Labute approximate surface area is 145 Å². The third-order valence-electron chi connectivity index (χ3n) is 2.86. The summed E-state index contributed by atoms with van der Waals surface area (Å²) in [4.78, 5) is 12.6. The minimum atomic E-state index is -1.01. The first-order valence-electron chi connectivity index (χ1n) is 5.78. The minimum Gasteiger partial charge on any atom is -0.292 e. The molecule has 106 valence electrons. The molecule has 0 bridgehead atoms. The maximum absolute atomic E-state index is 12.6. The van der Waals surface area contributed by atoms with E-state index in [1.165, 1.54) is 6.07 Å². The van der Waals surface area contributed by atoms with Crippen molar-refractivity contribution in [2.45, 2.75) is 5.92 Å². The van der Waals surface area contributed by atoms with E-state index in [4.69, 9.17) is 34.8 Å². The van der Waals surface area contributed by atoms with E-state index in [2.05, 4.69) is 15.9 Å². The van der Waals surface area contributed by atoms with Crippen molar-refractivity contribution in [2.75, 3.05) is 0 Å². The number of carbonyl (C=O) groups excluding carboxylic acids is 1. The molecular formula is C15H7BrCl3NO. The molecule has 1 unspecified atom stereocenters. The molecule has 0 spiro atoms. The number of Topliss-reactive ketones (excluding diaryl/α,β-unsaturated/α-hetero) is 1. The Bertz CT molecular complexity index is 755. The molecule has 0 aliphatic rings. The maximum atomic E-state index is 12.6. The molecule has 0 aliphatic carbocycles. The Kier molecular flexibility index (Phi) is 5.29. The van der Waals surface area contributed by atoms with Crippen LogP contribution in [0.1, 0.15) is 21.8 Å². The van der Waals surface area contributed by atoms with Crippen molar-refractivity contribution in [1.29, 1.82) is 5.26 Å². The van der Waals surface area contributed by atoms with E-state index in [1.54, 1.807) is 30.3 Å². The summed E-state index contributed by atoms with van der Waals surface area (Å²) in [6, 6.07) is 11.4. The molecule has 0 amide bonds. The van der Waals surface area contributed by atoms with Gasteiger partial charge in [-0.1, -0.05) is 40.9 Å². The monoisotopic (exact) mass is 401 g/mol. The van der Waals surface area contributed by atoms with Crippen LogP contribution in [0.2, 0.25) is 15.1 Å². The van der Waals surface area contributed by atoms with Crippen molar-refractivity contribution in [2.24, 2.45) is 0 Å². The molecule has 0 N–H and O–H groups in total. The van der Waals surface area contributed by atoms with Crippen LogP contribution in [0.4, 0.5) is 0 Å². The number of halogens is 4. The largest absolute Gasteiger partial charge is 0.292 e. The van der Waals surface area contributed by atoms with Crippen molar-refractivity contribution in [3.8, 4) is 6.07 Å². The first-order valence-corrected chi connectivity index (χ1v) is 7.70. The lowest BCUT2D eigenvalue weighted by Crippen LogP contribution is -2.12. The molecular weight excluding hydrogens is 396 g/mol. The van der Waals surface area contributed by atoms with Gasteiger partial charge in [0.1, 0.15) is 5.92 Å². The van der Waals surface area contributed by atoms with Gasteiger partial charge < -0.3 is 0 Å². The van der Waals surface area contributed by atoms with Gasteiger partial charge in [-0.25, -0.2) is 0 Å². The number of rotatable bonds is 3. The average molecular weight is 403 g/mol. The van der Waals surface area contributed by atoms with Crippen LogP contribution in [0.3, 0.4) is 0 Å². The third-order valence-corrected chi connectivity index (χ3v) is 4.31. The average Bonchev–Trinajstić information content (AvgIpc) is 2.41. The number of benzene rings is 2. The predicted molar refractivity (Wildman–Crippen MR) is 88.3 cm³/mol. The van der Waals surface area contributed by atoms with E-state index in [9.17, 15) is 10.1 Å². The summed E-state index contributed by atoms with van der Waals surface area (Å²) < 4.78 is 0.533. The van der Waals surface area contributed by atoms with Gasteiger partial charge in [0.2, 0.25) is 0 Å². The van der Waals surface area contributed by atoms with Crippen LogP contribution in [0.15, 0.2) is 40.9 Å². The normalized spacial score (nSPS) is 11.8. The first-order chi connectivity index (χ1) is 9.93. The molecule has 2 aromatic carbocycles. The number of hydrogen-bond donors (Lipinski definition) is 0. The van der Waals surface area contributed by atoms with E-state index in [0.29, 0.717) is 25.6 Å². The van der Waals surface area contributed by atoms with E-state index in [0.717, 1.165) is 0 Å². The van der Waals surface area contributed by atoms with Crippen molar-refractivity contribution in [3.05, 3.63) is 67.1 Å². The summed E-state index contributed by atoms with van der Waals surface area (Å²) in [7, 11) is 0. The van der Waals surface area contributed by atoms with Crippen LogP contribution in [0, 0.1) is 11.3 Å². The van der Waals surface area contributed by atoms with Crippen LogP contribution in [0.25, 0.3) is 0 Å². The predicted octanol–water partition coefficient (Wildman–Crippen LogP) is 5.90. The van der Waals surface area contributed by atoms with Crippen molar-refractivity contribution >= 4 is 56.5 Å². The molecule has 1 atom stereocenters. The molecule has 2 nitrogen and oxygen atoms in total. The molecule has 0 saturated heterocycles. The summed E-state index contributed by atoms with van der Waals surface area (Å²) in [5.74, 6) is -1.36. The Balaban J connectivity index is 2.46. The molecule has 0 heterocycles. The van der Waals surface area contributed by atoms with Crippen LogP contribution in [-0.4, -0.2) is 5.78 Å². The highest BCUT2D eigenvalue weighted by atomic mass is 79.9. The highest BCUT2D eigenvalue weighted by Gasteiger charge is 2.25. The van der Waals surface area contributed by atoms with Crippen LogP contribution >= 0.6 is 50.7 Å². The number of nitrogens with zero attached hydrogens (tertiary/aromatic N) is 1. The lowest BCUT2D eigenvalue weighted by molar-refractivity contribution is 0.0978. The van der Waals surface area contributed by atoms with Gasteiger partial charge in [0.15, 0.2) is 5.78 Å². The fraction of sp³-hybridized carbons (Fsp3) is 0.0667. The van der Waals surface area contributed by atoms with Gasteiger partial charge in [-0.2, -0.15) is 5.26 Å². The quantitative estimate of drug-likeness (QED) is 0.599. The van der Waals surface area contributed by atoms with E-state index >= 15 is 0 Å². The fourth-order valence-electron chi connectivity index (χ4n) is 1.85. The van der Waals surface area contributed by atoms with Crippen molar-refractivity contribution in [3.63, 3.8) is 0 Å². The van der Waals surface area contributed by atoms with E-state index in [-0.39, 0.29) is 10.8 Å². The van der Waals surface area contributed by atoms with Gasteiger partial charge in [-0.05, 0) is 51.8 Å². The second-order valence-corrected chi connectivity index (χ2v) is 6.35. The highest BCUT2D eigenvalue weighted by Crippen LogP contribution is 2.32. The maximum Gasteiger partial charge on any atom is 0.185 e. The summed E-state index contributed by atoms with van der Waals surface area (Å²) in [6.45, 7) is 0. The molecule has 2 aromatic rings. The summed E-state index contributed by atoms with van der Waals surface area (Å²) >= 11 is 21.0. The summed E-state index contributed by atoms with van der Waals surface area (Å²) in [5.41, 5.74) is 0.799. The molecule has 0 fully saturated rings. The number of ketones is 1. The van der Waals surface area contributed by atoms with Gasteiger partial charge in [-0.3, -0.25) is 4.79 Å². The van der Waals surface area contributed by atoms with E-state index in [1.807, 2.05) is 6.07 Å². The molecule has 0 radical (unpaired) electrons. The Morgan fingerprint density at radius 1 is 1.10 bits per heavy atom. The second kappa shape index (κ2) is 6.81. The SMILES string of the molecule is N#CC(C(=O)c1ccc(Cl)cc1Br)c1ccc(Cl)cc1Cl. The van der Waals surface area contributed by atoms with E-state index < -0.39 is 5.92 Å². The fourth-order valence-corrected chi connectivity index (χ4v) is 3.25. The zero-order valence-corrected chi connectivity index (χ0v) is 14.3. The Morgan fingerprint density at radius 2 is 1.71 bits per heavy atom. The summed E-state index contributed by atoms with van der Waals surface area (Å²) in [6.07, 6.45) is 0. The molecule has 0 aliphatic heterocycles. The van der Waals surface area contributed by atoms with Gasteiger partial charge in [-0.15, -0.1) is 0 Å². The van der Waals surface area contributed by atoms with Gasteiger partial charge in [0.05, 0.1) is 6.07 Å². The van der Waals surface area contributed by atoms with Crippen LogP contribution in [0.5, 0.6) is 0 Å². The van der Waals surface area contributed by atoms with Crippen LogP contribution < -0.4 is 0 Å². The number of nitriles is 1. The number of hydrogen-bond acceptors (Lipinski definition) is 2. The molecule has 0 aromatic heterocycles. The topological polar surface area (TPSA) is 40.9 Å². The Hall–Kier alpha value is -1.05. The van der Waals surface area contributed by atoms with Crippen molar-refractivity contribution < 1.29 is 4.79 Å². The minimum absolute atomic E-state index is 0.285. The van der Waals surface area contributed by atoms with Crippen molar-refractivity contribution in [1.82, 2.24) is 0 Å². The smallest absolute Gasteiger partial charge is 0.185 e. The van der Waals surface area contributed by atoms with Gasteiger partial charge in [0.25, 0.3) is 0 Å². The second-order valence-electron chi connectivity index (χ2n) is 4.22. The Morgan fingerprint density at radius 3 is 2.29 bits per heavy atom. The standard InChI is InChI=1S/C15H7BrCl3NO/c16-13-5-8(17)2-4-11(13)15(21)12(7-20)10-3-1-9(18)6-14(10)19/h1-6,12H. The zero-order valence-electron chi connectivity index (χ0n) is 10.4. The molecule has 2 rings (SSSR count). The lowest BCUT2D eigenvalue weighted by Gasteiger charge is -2.12.